The summed E-state index contributed by atoms with van der Waals surface area (Å²) >= 11 is 13.8. The molecule has 3 N–H and O–H groups in total. The van der Waals surface area contributed by atoms with Gasteiger partial charge >= 0.3 is 0 Å². The number of anilines is 1. The molecule has 0 aliphatic carbocycles. The molecule has 2 bridgehead atoms. The van der Waals surface area contributed by atoms with Crippen LogP contribution in [0.25, 0.3) is 21.5 Å². The van der Waals surface area contributed by atoms with Crippen molar-refractivity contribution in [2.45, 2.75) is 6.42 Å². The van der Waals surface area contributed by atoms with E-state index in [9.17, 15) is 4.79 Å². The normalized spacial score (nSPS) is 14.4. The smallest absolute Gasteiger partial charge is 0.261 e. The van der Waals surface area contributed by atoms with Gasteiger partial charge in [0.05, 0.1) is 27.8 Å². The van der Waals surface area contributed by atoms with E-state index in [2.05, 4.69) is 15.3 Å². The number of halogens is 2. The number of rotatable bonds is 0. The monoisotopic (exact) mass is 394 g/mol. The average molecular weight is 395 g/mol. The molecule has 4 rings (SSSR count). The molecule has 1 aliphatic heterocycles. The summed E-state index contributed by atoms with van der Waals surface area (Å²) in [5.41, 5.74) is 6.99. The van der Waals surface area contributed by atoms with Crippen molar-refractivity contribution in [1.29, 1.82) is 0 Å². The number of ether oxygens (including phenoxy) is 1. The molecule has 0 saturated heterocycles. The fraction of sp³-hybridized carbons (Fsp3) is 0.188. The van der Waals surface area contributed by atoms with Crippen LogP contribution in [0.2, 0.25) is 10.0 Å². The Kier molecular flexibility index (Phi) is 4.15. The molecule has 1 amide bonds. The molecule has 128 valence electrons. The molecule has 0 saturated carbocycles. The summed E-state index contributed by atoms with van der Waals surface area (Å²) in [5, 5.41) is 4.42. The van der Waals surface area contributed by atoms with Crippen LogP contribution in [-0.2, 0) is 0 Å². The van der Waals surface area contributed by atoms with Crippen molar-refractivity contribution in [2.75, 3.05) is 18.9 Å². The largest absolute Gasteiger partial charge is 0.493 e. The van der Waals surface area contributed by atoms with Gasteiger partial charge in [-0.15, -0.1) is 11.3 Å². The number of nitrogen functional groups attached to an aromatic ring is 1. The number of amides is 1. The van der Waals surface area contributed by atoms with Crippen molar-refractivity contribution in [3.05, 3.63) is 33.1 Å². The SMILES string of the molecule is Nc1nc2c3cc(sc3n1)C(=O)NCCCOc1cc(Cl)cc(Cl)c1-2. The van der Waals surface area contributed by atoms with E-state index in [-0.39, 0.29) is 11.9 Å². The molecule has 0 fully saturated rings. The Hall–Kier alpha value is -2.09. The second-order valence-electron chi connectivity index (χ2n) is 5.48. The van der Waals surface area contributed by atoms with Crippen LogP contribution >= 0.6 is 34.5 Å². The molecule has 25 heavy (non-hydrogen) atoms. The second-order valence-corrected chi connectivity index (χ2v) is 7.35. The summed E-state index contributed by atoms with van der Waals surface area (Å²) in [6, 6.07) is 5.08. The minimum absolute atomic E-state index is 0.100. The number of hydrogen-bond donors (Lipinski definition) is 2. The zero-order valence-corrected chi connectivity index (χ0v) is 15.1. The third kappa shape index (κ3) is 2.99. The third-order valence-electron chi connectivity index (χ3n) is 3.75. The highest BCUT2D eigenvalue weighted by molar-refractivity contribution is 7.20. The van der Waals surface area contributed by atoms with Gasteiger partial charge in [-0.05, 0) is 24.6 Å². The third-order valence-corrected chi connectivity index (χ3v) is 5.30. The summed E-state index contributed by atoms with van der Waals surface area (Å²) in [6.07, 6.45) is 0.644. The van der Waals surface area contributed by atoms with E-state index in [1.54, 1.807) is 18.2 Å². The first-order valence-corrected chi connectivity index (χ1v) is 9.07. The lowest BCUT2D eigenvalue weighted by Crippen LogP contribution is -2.24. The van der Waals surface area contributed by atoms with Gasteiger partial charge < -0.3 is 15.8 Å². The Balaban J connectivity index is 2.06. The molecule has 1 aromatic carbocycles. The van der Waals surface area contributed by atoms with E-state index in [1.165, 1.54) is 11.3 Å². The summed E-state index contributed by atoms with van der Waals surface area (Å²) in [4.78, 5) is 22.0. The first-order valence-electron chi connectivity index (χ1n) is 7.50. The molecule has 3 heterocycles. The number of carbonyl (C=O) groups is 1. The van der Waals surface area contributed by atoms with E-state index in [0.29, 0.717) is 61.7 Å². The van der Waals surface area contributed by atoms with Crippen molar-refractivity contribution in [3.63, 3.8) is 0 Å². The van der Waals surface area contributed by atoms with Crippen molar-refractivity contribution >= 4 is 56.6 Å². The molecule has 6 nitrogen and oxygen atoms in total. The minimum atomic E-state index is -0.157. The Bertz CT molecular complexity index is 1010. The van der Waals surface area contributed by atoms with Gasteiger partial charge in [0.25, 0.3) is 5.91 Å². The number of thiophene rings is 1. The Morgan fingerprint density at radius 1 is 1.24 bits per heavy atom. The molecular formula is C16H12Cl2N4O2S. The van der Waals surface area contributed by atoms with Gasteiger partial charge in [0.1, 0.15) is 10.6 Å². The Morgan fingerprint density at radius 3 is 2.92 bits per heavy atom. The zero-order valence-electron chi connectivity index (χ0n) is 12.8. The van der Waals surface area contributed by atoms with Crippen LogP contribution in [-0.4, -0.2) is 29.0 Å². The van der Waals surface area contributed by atoms with Crippen LogP contribution in [0.5, 0.6) is 5.75 Å². The van der Waals surface area contributed by atoms with E-state index in [1.807, 2.05) is 0 Å². The lowest BCUT2D eigenvalue weighted by molar-refractivity contribution is 0.0955. The van der Waals surface area contributed by atoms with Gasteiger partial charge in [0, 0.05) is 17.0 Å². The maximum absolute atomic E-state index is 12.3. The van der Waals surface area contributed by atoms with E-state index in [4.69, 9.17) is 33.7 Å². The first kappa shape index (κ1) is 16.4. The van der Waals surface area contributed by atoms with Crippen molar-refractivity contribution in [3.8, 4) is 17.0 Å². The number of hydrogen-bond acceptors (Lipinski definition) is 6. The molecule has 9 heteroatoms. The van der Waals surface area contributed by atoms with Crippen LogP contribution in [0.15, 0.2) is 18.2 Å². The molecule has 1 aliphatic rings. The maximum atomic E-state index is 12.3. The number of benzene rings is 1. The predicted octanol–water partition coefficient (Wildman–Crippen LogP) is 3.76. The summed E-state index contributed by atoms with van der Waals surface area (Å²) in [7, 11) is 0. The Morgan fingerprint density at radius 2 is 2.08 bits per heavy atom. The van der Waals surface area contributed by atoms with Crippen molar-refractivity contribution in [2.24, 2.45) is 0 Å². The van der Waals surface area contributed by atoms with Crippen LogP contribution in [0.3, 0.4) is 0 Å². The van der Waals surface area contributed by atoms with Crippen LogP contribution in [0.4, 0.5) is 5.95 Å². The molecule has 0 spiro atoms. The quantitative estimate of drug-likeness (QED) is 0.605. The van der Waals surface area contributed by atoms with Gasteiger partial charge in [-0.1, -0.05) is 23.2 Å². The number of nitrogens with two attached hydrogens (primary N) is 1. The lowest BCUT2D eigenvalue weighted by atomic mass is 10.1. The fourth-order valence-corrected chi connectivity index (χ4v) is 4.20. The van der Waals surface area contributed by atoms with E-state index >= 15 is 0 Å². The highest BCUT2D eigenvalue weighted by Gasteiger charge is 2.22. The van der Waals surface area contributed by atoms with Crippen molar-refractivity contribution < 1.29 is 9.53 Å². The Labute approximate surface area is 156 Å². The zero-order chi connectivity index (χ0) is 17.6. The summed E-state index contributed by atoms with van der Waals surface area (Å²) in [6.45, 7) is 0.899. The van der Waals surface area contributed by atoms with Gasteiger partial charge in [0.2, 0.25) is 5.95 Å². The molecule has 3 aromatic rings. The highest BCUT2D eigenvalue weighted by Crippen LogP contribution is 2.42. The molecule has 0 radical (unpaired) electrons. The van der Waals surface area contributed by atoms with Crippen LogP contribution in [0, 0.1) is 0 Å². The van der Waals surface area contributed by atoms with Gasteiger partial charge in [-0.2, -0.15) is 0 Å². The molecule has 0 unspecified atom stereocenters. The fourth-order valence-electron chi connectivity index (χ4n) is 2.68. The highest BCUT2D eigenvalue weighted by atomic mass is 35.5. The number of nitrogens with zero attached hydrogens (tertiary/aromatic N) is 2. The standard InChI is InChI=1S/C16H12Cl2N4O2S/c17-7-4-9(18)12-10(5-7)24-3-1-2-20-14(23)11-6-8-13(12)21-16(19)22-15(8)25-11/h4-6H,1-3H2,(H,20,23)(H2,19,21,22). The van der Waals surface area contributed by atoms with Crippen LogP contribution in [0.1, 0.15) is 16.1 Å². The number of fused-ring (bicyclic) bond motifs is 3. The van der Waals surface area contributed by atoms with Crippen LogP contribution < -0.4 is 15.8 Å². The summed E-state index contributed by atoms with van der Waals surface area (Å²) in [5.74, 6) is 0.468. The van der Waals surface area contributed by atoms with Crippen molar-refractivity contribution in [1.82, 2.24) is 15.3 Å². The number of nitrogens with one attached hydrogen (secondary N) is 1. The lowest BCUT2D eigenvalue weighted by Gasteiger charge is -2.15. The van der Waals surface area contributed by atoms with Gasteiger partial charge in [-0.3, -0.25) is 4.79 Å². The topological polar surface area (TPSA) is 90.1 Å². The number of aromatic nitrogens is 2. The van der Waals surface area contributed by atoms with E-state index in [0.717, 1.165) is 0 Å². The first-order chi connectivity index (χ1) is 12.0. The summed E-state index contributed by atoms with van der Waals surface area (Å²) < 4.78 is 5.86. The van der Waals surface area contributed by atoms with E-state index < -0.39 is 0 Å². The van der Waals surface area contributed by atoms with Gasteiger partial charge in [-0.25, -0.2) is 9.97 Å². The molecule has 0 atom stereocenters. The molecule has 2 aromatic heterocycles. The average Bonchev–Trinajstić information content (AvgIpc) is 2.96. The second kappa shape index (κ2) is 6.33. The minimum Gasteiger partial charge on any atom is -0.493 e. The van der Waals surface area contributed by atoms with Gasteiger partial charge in [0.15, 0.2) is 0 Å². The molecular weight excluding hydrogens is 383 g/mol. The maximum Gasteiger partial charge on any atom is 0.261 e. The number of carbonyl (C=O) groups excluding carboxylic acids is 1. The predicted molar refractivity (Wildman–Crippen MR) is 99.7 cm³/mol.